The van der Waals surface area contributed by atoms with Crippen LogP contribution in [0.25, 0.3) is 22.6 Å². The predicted molar refractivity (Wildman–Crippen MR) is 80.4 cm³/mol. The van der Waals surface area contributed by atoms with Crippen LogP contribution in [0.5, 0.6) is 5.75 Å². The van der Waals surface area contributed by atoms with E-state index in [9.17, 15) is 0 Å². The van der Waals surface area contributed by atoms with E-state index in [0.717, 1.165) is 22.6 Å². The van der Waals surface area contributed by atoms with Gasteiger partial charge in [-0.15, -0.1) is 0 Å². The van der Waals surface area contributed by atoms with E-state index in [1.54, 1.807) is 7.11 Å². The molecule has 1 aromatic heterocycles. The minimum absolute atomic E-state index is 0.617. The van der Waals surface area contributed by atoms with Gasteiger partial charge in [0, 0.05) is 5.56 Å². The highest BCUT2D eigenvalue weighted by atomic mass is 16.5. The molecule has 0 aliphatic carbocycles. The number of nitrogens with one attached hydrogen (secondary N) is 1. The van der Waals surface area contributed by atoms with Gasteiger partial charge in [-0.1, -0.05) is 30.3 Å². The Labute approximate surface area is 117 Å². The van der Waals surface area contributed by atoms with Crippen LogP contribution < -0.4 is 10.5 Å². The number of nitrogen functional groups attached to an aromatic ring is 1. The number of anilines is 1. The Hall–Kier alpha value is -2.75. The van der Waals surface area contributed by atoms with Crippen molar-refractivity contribution in [2.45, 2.75) is 0 Å². The van der Waals surface area contributed by atoms with Crippen molar-refractivity contribution >= 4 is 5.69 Å². The minimum Gasteiger partial charge on any atom is -0.495 e. The smallest absolute Gasteiger partial charge is 0.142 e. The molecule has 3 N–H and O–H groups in total. The summed E-state index contributed by atoms with van der Waals surface area (Å²) in [4.78, 5) is 7.72. The first-order chi connectivity index (χ1) is 9.78. The van der Waals surface area contributed by atoms with E-state index < -0.39 is 0 Å². The number of nitrogens with two attached hydrogens (primary N) is 1. The standard InChI is InChI=1S/C16H15N3O/c1-20-15-9-12(7-8-13(15)17)16-18-10-14(19-16)11-5-3-2-4-6-11/h2-10H,17H2,1H3,(H,18,19). The number of ether oxygens (including phenoxy) is 1. The molecule has 0 fully saturated rings. The Balaban J connectivity index is 1.98. The van der Waals surface area contributed by atoms with Gasteiger partial charge in [0.25, 0.3) is 0 Å². The van der Waals surface area contributed by atoms with Crippen molar-refractivity contribution in [2.24, 2.45) is 0 Å². The van der Waals surface area contributed by atoms with Gasteiger partial charge in [0.15, 0.2) is 0 Å². The van der Waals surface area contributed by atoms with Gasteiger partial charge in [-0.2, -0.15) is 0 Å². The number of nitrogens with zero attached hydrogens (tertiary/aromatic N) is 1. The van der Waals surface area contributed by atoms with Crippen LogP contribution in [-0.4, -0.2) is 17.1 Å². The summed E-state index contributed by atoms with van der Waals surface area (Å²) >= 11 is 0. The van der Waals surface area contributed by atoms with Crippen molar-refractivity contribution in [3.63, 3.8) is 0 Å². The molecule has 4 heteroatoms. The maximum Gasteiger partial charge on any atom is 0.142 e. The van der Waals surface area contributed by atoms with Crippen molar-refractivity contribution in [1.82, 2.24) is 9.97 Å². The fraction of sp³-hybridized carbons (Fsp3) is 0.0625. The molecule has 20 heavy (non-hydrogen) atoms. The second-order valence-corrected chi connectivity index (χ2v) is 4.47. The first kappa shape index (κ1) is 12.3. The molecular weight excluding hydrogens is 250 g/mol. The van der Waals surface area contributed by atoms with Crippen LogP contribution in [0.3, 0.4) is 0 Å². The fourth-order valence-electron chi connectivity index (χ4n) is 2.09. The lowest BCUT2D eigenvalue weighted by Crippen LogP contribution is -1.92. The Morgan fingerprint density at radius 1 is 1.05 bits per heavy atom. The summed E-state index contributed by atoms with van der Waals surface area (Å²) in [6, 6.07) is 15.7. The second kappa shape index (κ2) is 5.09. The van der Waals surface area contributed by atoms with Crippen LogP contribution in [0.1, 0.15) is 0 Å². The van der Waals surface area contributed by atoms with Crippen molar-refractivity contribution in [2.75, 3.05) is 12.8 Å². The normalized spacial score (nSPS) is 10.4. The molecule has 100 valence electrons. The van der Waals surface area contributed by atoms with Gasteiger partial charge >= 0.3 is 0 Å². The Morgan fingerprint density at radius 3 is 2.60 bits per heavy atom. The van der Waals surface area contributed by atoms with Gasteiger partial charge in [0.1, 0.15) is 11.6 Å². The molecule has 0 radical (unpaired) electrons. The molecular formula is C16H15N3O. The second-order valence-electron chi connectivity index (χ2n) is 4.47. The third-order valence-corrected chi connectivity index (χ3v) is 3.17. The number of rotatable bonds is 3. The molecule has 0 saturated carbocycles. The molecule has 0 amide bonds. The zero-order valence-corrected chi connectivity index (χ0v) is 11.1. The van der Waals surface area contributed by atoms with Gasteiger partial charge in [-0.05, 0) is 23.8 Å². The van der Waals surface area contributed by atoms with Crippen LogP contribution in [0, 0.1) is 0 Å². The molecule has 2 aromatic carbocycles. The first-order valence-electron chi connectivity index (χ1n) is 6.32. The molecule has 1 heterocycles. The third-order valence-electron chi connectivity index (χ3n) is 3.17. The number of hydrogen-bond donors (Lipinski definition) is 2. The average Bonchev–Trinajstić information content (AvgIpc) is 2.98. The van der Waals surface area contributed by atoms with E-state index in [1.165, 1.54) is 0 Å². The third kappa shape index (κ3) is 2.23. The topological polar surface area (TPSA) is 63.9 Å². The maximum atomic E-state index is 5.82. The van der Waals surface area contributed by atoms with E-state index in [-0.39, 0.29) is 0 Å². The first-order valence-corrected chi connectivity index (χ1v) is 6.32. The van der Waals surface area contributed by atoms with Crippen LogP contribution in [-0.2, 0) is 0 Å². The highest BCUT2D eigenvalue weighted by molar-refractivity contribution is 5.68. The number of methoxy groups -OCH3 is 1. The number of hydrogen-bond acceptors (Lipinski definition) is 3. The molecule has 0 bridgehead atoms. The summed E-state index contributed by atoms with van der Waals surface area (Å²) < 4.78 is 5.23. The maximum absolute atomic E-state index is 5.82. The molecule has 0 aliphatic heterocycles. The lowest BCUT2D eigenvalue weighted by molar-refractivity contribution is 0.417. The number of aromatic amines is 1. The van der Waals surface area contributed by atoms with Crippen LogP contribution >= 0.6 is 0 Å². The summed E-state index contributed by atoms with van der Waals surface area (Å²) in [5, 5.41) is 0. The number of benzene rings is 2. The molecule has 4 nitrogen and oxygen atoms in total. The quantitative estimate of drug-likeness (QED) is 0.714. The zero-order chi connectivity index (χ0) is 13.9. The summed E-state index contributed by atoms with van der Waals surface area (Å²) in [5.74, 6) is 1.45. The predicted octanol–water partition coefficient (Wildman–Crippen LogP) is 3.33. The molecule has 3 aromatic rings. The summed E-state index contributed by atoms with van der Waals surface area (Å²) in [6.45, 7) is 0. The van der Waals surface area contributed by atoms with E-state index in [2.05, 4.69) is 9.97 Å². The highest BCUT2D eigenvalue weighted by Gasteiger charge is 2.07. The van der Waals surface area contributed by atoms with Crippen LogP contribution in [0.4, 0.5) is 5.69 Å². The molecule has 0 unspecified atom stereocenters. The van der Waals surface area contributed by atoms with Gasteiger partial charge in [-0.25, -0.2) is 4.98 Å². The minimum atomic E-state index is 0.617. The lowest BCUT2D eigenvalue weighted by atomic mass is 10.1. The summed E-state index contributed by atoms with van der Waals surface area (Å²) in [7, 11) is 1.60. The Kier molecular flexibility index (Phi) is 3.13. The largest absolute Gasteiger partial charge is 0.495 e. The Morgan fingerprint density at radius 2 is 1.85 bits per heavy atom. The fourth-order valence-corrected chi connectivity index (χ4v) is 2.09. The van der Waals surface area contributed by atoms with Crippen molar-refractivity contribution in [3.8, 4) is 28.4 Å². The van der Waals surface area contributed by atoms with Gasteiger partial charge in [0.05, 0.1) is 24.7 Å². The Bertz CT molecular complexity index is 720. The van der Waals surface area contributed by atoms with E-state index in [0.29, 0.717) is 11.4 Å². The molecule has 0 saturated heterocycles. The van der Waals surface area contributed by atoms with Crippen LogP contribution in [0.2, 0.25) is 0 Å². The lowest BCUT2D eigenvalue weighted by Gasteiger charge is -2.05. The summed E-state index contributed by atoms with van der Waals surface area (Å²) in [5.41, 5.74) is 9.47. The molecule has 0 atom stereocenters. The van der Waals surface area contributed by atoms with Crippen molar-refractivity contribution < 1.29 is 4.74 Å². The number of aromatic nitrogens is 2. The van der Waals surface area contributed by atoms with Gasteiger partial charge in [-0.3, -0.25) is 0 Å². The van der Waals surface area contributed by atoms with Crippen molar-refractivity contribution in [1.29, 1.82) is 0 Å². The average molecular weight is 265 g/mol. The van der Waals surface area contributed by atoms with Crippen LogP contribution in [0.15, 0.2) is 54.7 Å². The molecule has 0 aliphatic rings. The molecule has 3 rings (SSSR count). The number of imidazole rings is 1. The molecule has 0 spiro atoms. The summed E-state index contributed by atoms with van der Waals surface area (Å²) in [6.07, 6.45) is 1.83. The SMILES string of the molecule is COc1cc(-c2ncc(-c3ccccc3)[nH]2)ccc1N. The van der Waals surface area contributed by atoms with E-state index in [4.69, 9.17) is 10.5 Å². The zero-order valence-electron chi connectivity index (χ0n) is 11.1. The van der Waals surface area contributed by atoms with Crippen molar-refractivity contribution in [3.05, 3.63) is 54.7 Å². The highest BCUT2D eigenvalue weighted by Crippen LogP contribution is 2.28. The van der Waals surface area contributed by atoms with E-state index >= 15 is 0 Å². The monoisotopic (exact) mass is 265 g/mol. The number of H-pyrrole nitrogens is 1. The van der Waals surface area contributed by atoms with E-state index in [1.807, 2.05) is 54.7 Å². The van der Waals surface area contributed by atoms with Gasteiger partial charge < -0.3 is 15.5 Å². The van der Waals surface area contributed by atoms with Gasteiger partial charge in [0.2, 0.25) is 0 Å².